The molecule has 5 heteroatoms. The Morgan fingerprint density at radius 1 is 0.952 bits per heavy atom. The molecule has 3 nitrogen and oxygen atoms in total. The Morgan fingerprint density at radius 3 is 2.19 bits per heavy atom. The van der Waals surface area contributed by atoms with Crippen molar-refractivity contribution in [2.45, 2.75) is 76.2 Å². The van der Waals surface area contributed by atoms with Crippen molar-refractivity contribution in [2.75, 3.05) is 13.1 Å². The zero-order chi connectivity index (χ0) is 15.1. The monoisotopic (exact) mass is 302 g/mol. The molecule has 2 saturated carbocycles. The van der Waals surface area contributed by atoms with Gasteiger partial charge in [-0.05, 0) is 25.7 Å². The number of hydrogen-bond acceptors (Lipinski definition) is 2. The first kappa shape index (κ1) is 16.7. The molecule has 2 aliphatic carbocycles. The molecule has 0 bridgehead atoms. The molecule has 0 radical (unpaired) electrons. The number of rotatable bonds is 5. The van der Waals surface area contributed by atoms with Crippen molar-refractivity contribution in [3.05, 3.63) is 0 Å². The van der Waals surface area contributed by atoms with Crippen molar-refractivity contribution in [3.8, 4) is 0 Å². The lowest BCUT2D eigenvalue weighted by atomic mass is 9.86. The van der Waals surface area contributed by atoms with Gasteiger partial charge in [0.05, 0.1) is 0 Å². The summed E-state index contributed by atoms with van der Waals surface area (Å²) >= 11 is 0. The van der Waals surface area contributed by atoms with Gasteiger partial charge < -0.3 is 10.6 Å². The third-order valence-electron chi connectivity index (χ3n) is 4.80. The van der Waals surface area contributed by atoms with E-state index >= 15 is 0 Å². The van der Waals surface area contributed by atoms with Gasteiger partial charge in [0.15, 0.2) is 0 Å². The van der Waals surface area contributed by atoms with Gasteiger partial charge in [-0.15, -0.1) is 0 Å². The van der Waals surface area contributed by atoms with Gasteiger partial charge in [-0.1, -0.05) is 25.7 Å². The fourth-order valence-electron chi connectivity index (χ4n) is 3.39. The standard InChI is InChI=1S/C16H28F2N2O/c17-16(18)9-7-13(8-10-16)15(21)20-12-11-19-14-5-3-1-2-4-6-14/h13-14,19H,1-12H2,(H,20,21). The Labute approximate surface area is 126 Å². The molecule has 2 fully saturated rings. The summed E-state index contributed by atoms with van der Waals surface area (Å²) in [6.45, 7) is 1.38. The van der Waals surface area contributed by atoms with E-state index in [0.29, 0.717) is 25.4 Å². The molecule has 0 aromatic heterocycles. The first-order valence-corrected chi connectivity index (χ1v) is 8.46. The molecule has 2 aliphatic rings. The number of halogens is 2. The summed E-state index contributed by atoms with van der Waals surface area (Å²) in [6.07, 6.45) is 8.04. The summed E-state index contributed by atoms with van der Waals surface area (Å²) in [4.78, 5) is 11.9. The second kappa shape index (κ2) is 8.06. The number of nitrogens with one attached hydrogen (secondary N) is 2. The van der Waals surface area contributed by atoms with Crippen molar-refractivity contribution in [2.24, 2.45) is 5.92 Å². The molecule has 21 heavy (non-hydrogen) atoms. The minimum absolute atomic E-state index is 0.0480. The Hall–Kier alpha value is -0.710. The van der Waals surface area contributed by atoms with E-state index in [0.717, 1.165) is 6.54 Å². The lowest BCUT2D eigenvalue weighted by Crippen LogP contribution is -2.40. The predicted octanol–water partition coefficient (Wildman–Crippen LogP) is 3.24. The molecule has 0 heterocycles. The van der Waals surface area contributed by atoms with Gasteiger partial charge in [-0.25, -0.2) is 8.78 Å². The van der Waals surface area contributed by atoms with Gasteiger partial charge in [0, 0.05) is 37.9 Å². The van der Waals surface area contributed by atoms with E-state index in [4.69, 9.17) is 0 Å². The molecule has 0 aliphatic heterocycles. The summed E-state index contributed by atoms with van der Waals surface area (Å²) in [7, 11) is 0. The average Bonchev–Trinajstić information content (AvgIpc) is 2.72. The summed E-state index contributed by atoms with van der Waals surface area (Å²) in [6, 6.07) is 0.581. The Morgan fingerprint density at radius 2 is 1.57 bits per heavy atom. The highest BCUT2D eigenvalue weighted by molar-refractivity contribution is 5.78. The van der Waals surface area contributed by atoms with E-state index in [-0.39, 0.29) is 24.7 Å². The number of carbonyl (C=O) groups is 1. The highest BCUT2D eigenvalue weighted by atomic mass is 19.3. The number of amides is 1. The first-order valence-electron chi connectivity index (χ1n) is 8.46. The van der Waals surface area contributed by atoms with Crippen molar-refractivity contribution in [1.82, 2.24) is 10.6 Å². The third kappa shape index (κ3) is 5.89. The minimum atomic E-state index is -2.56. The molecule has 0 aromatic carbocycles. The van der Waals surface area contributed by atoms with Gasteiger partial charge in [0.1, 0.15) is 0 Å². The van der Waals surface area contributed by atoms with Crippen LogP contribution in [-0.4, -0.2) is 31.0 Å². The van der Waals surface area contributed by atoms with Gasteiger partial charge in [0.2, 0.25) is 11.8 Å². The quantitative estimate of drug-likeness (QED) is 0.604. The van der Waals surface area contributed by atoms with Crippen LogP contribution >= 0.6 is 0 Å². The lowest BCUT2D eigenvalue weighted by molar-refractivity contribution is -0.129. The summed E-state index contributed by atoms with van der Waals surface area (Å²) in [5.41, 5.74) is 0. The van der Waals surface area contributed by atoms with Crippen molar-refractivity contribution < 1.29 is 13.6 Å². The van der Waals surface area contributed by atoms with Crippen LogP contribution in [0.3, 0.4) is 0 Å². The highest BCUT2D eigenvalue weighted by Gasteiger charge is 2.37. The van der Waals surface area contributed by atoms with Crippen molar-refractivity contribution in [1.29, 1.82) is 0 Å². The van der Waals surface area contributed by atoms with Crippen LogP contribution in [0, 0.1) is 5.92 Å². The third-order valence-corrected chi connectivity index (χ3v) is 4.80. The molecule has 0 unspecified atom stereocenters. The van der Waals surface area contributed by atoms with E-state index in [1.807, 2.05) is 0 Å². The van der Waals surface area contributed by atoms with Crippen LogP contribution in [0.5, 0.6) is 0 Å². The van der Waals surface area contributed by atoms with E-state index < -0.39 is 5.92 Å². The zero-order valence-electron chi connectivity index (χ0n) is 12.8. The van der Waals surface area contributed by atoms with Crippen LogP contribution in [0.2, 0.25) is 0 Å². The fraction of sp³-hybridized carbons (Fsp3) is 0.938. The predicted molar refractivity (Wildman–Crippen MR) is 79.4 cm³/mol. The molecule has 2 rings (SSSR count). The van der Waals surface area contributed by atoms with Gasteiger partial charge in [0.25, 0.3) is 0 Å². The second-order valence-corrected chi connectivity index (χ2v) is 6.56. The van der Waals surface area contributed by atoms with E-state index in [1.54, 1.807) is 0 Å². The molecule has 0 saturated heterocycles. The van der Waals surface area contributed by atoms with Crippen molar-refractivity contribution >= 4 is 5.91 Å². The van der Waals surface area contributed by atoms with Gasteiger partial charge in [-0.2, -0.15) is 0 Å². The molecule has 0 spiro atoms. The molecule has 0 aromatic rings. The van der Waals surface area contributed by atoms with Crippen LogP contribution in [0.1, 0.15) is 64.2 Å². The van der Waals surface area contributed by atoms with Crippen molar-refractivity contribution in [3.63, 3.8) is 0 Å². The van der Waals surface area contributed by atoms with E-state index in [1.165, 1.54) is 38.5 Å². The zero-order valence-corrected chi connectivity index (χ0v) is 12.8. The molecule has 1 amide bonds. The average molecular weight is 302 g/mol. The summed E-state index contributed by atoms with van der Waals surface area (Å²) in [5.74, 6) is -2.83. The summed E-state index contributed by atoms with van der Waals surface area (Å²) < 4.78 is 26.1. The topological polar surface area (TPSA) is 41.1 Å². The van der Waals surface area contributed by atoms with E-state index in [9.17, 15) is 13.6 Å². The van der Waals surface area contributed by atoms with Crippen LogP contribution in [-0.2, 0) is 4.79 Å². The van der Waals surface area contributed by atoms with Crippen LogP contribution < -0.4 is 10.6 Å². The maximum atomic E-state index is 13.0. The normalized spacial score (nSPS) is 24.5. The van der Waals surface area contributed by atoms with Crippen LogP contribution in [0.4, 0.5) is 8.78 Å². The fourth-order valence-corrected chi connectivity index (χ4v) is 3.39. The van der Waals surface area contributed by atoms with Gasteiger partial charge in [-0.3, -0.25) is 4.79 Å². The number of carbonyl (C=O) groups excluding carboxylic acids is 1. The molecular weight excluding hydrogens is 274 g/mol. The Kier molecular flexibility index (Phi) is 6.40. The van der Waals surface area contributed by atoms with Crippen LogP contribution in [0.25, 0.3) is 0 Å². The Balaban J connectivity index is 1.57. The number of alkyl halides is 2. The SMILES string of the molecule is O=C(NCCNC1CCCCCC1)C1CCC(F)(F)CC1. The number of hydrogen-bond donors (Lipinski definition) is 2. The maximum absolute atomic E-state index is 13.0. The lowest BCUT2D eigenvalue weighted by Gasteiger charge is -2.27. The second-order valence-electron chi connectivity index (χ2n) is 6.56. The Bertz CT molecular complexity index is 318. The first-order chi connectivity index (χ1) is 10.1. The largest absolute Gasteiger partial charge is 0.355 e. The molecular formula is C16H28F2N2O. The molecule has 2 N–H and O–H groups in total. The van der Waals surface area contributed by atoms with Crippen LogP contribution in [0.15, 0.2) is 0 Å². The van der Waals surface area contributed by atoms with Gasteiger partial charge >= 0.3 is 0 Å². The maximum Gasteiger partial charge on any atom is 0.248 e. The minimum Gasteiger partial charge on any atom is -0.355 e. The van der Waals surface area contributed by atoms with E-state index in [2.05, 4.69) is 10.6 Å². The summed E-state index contributed by atoms with van der Waals surface area (Å²) in [5, 5.41) is 6.39. The smallest absolute Gasteiger partial charge is 0.248 e. The molecule has 0 atom stereocenters. The molecule has 122 valence electrons. The highest BCUT2D eigenvalue weighted by Crippen LogP contribution is 2.36.